The Labute approximate surface area is 121 Å². The molecule has 0 aliphatic carbocycles. The van der Waals surface area contributed by atoms with Gasteiger partial charge in [-0.3, -0.25) is 4.79 Å². The Bertz CT molecular complexity index is 458. The van der Waals surface area contributed by atoms with Gasteiger partial charge in [-0.2, -0.15) is 0 Å². The molecule has 0 radical (unpaired) electrons. The Morgan fingerprint density at radius 1 is 1.40 bits per heavy atom. The molecule has 1 aromatic rings. The highest BCUT2D eigenvalue weighted by Gasteiger charge is 2.33. The maximum absolute atomic E-state index is 12.5. The highest BCUT2D eigenvalue weighted by molar-refractivity contribution is 5.94. The lowest BCUT2D eigenvalue weighted by molar-refractivity contribution is -0.0440. The number of rotatable bonds is 4. The number of nitrogens with one attached hydrogen (secondary N) is 1. The SMILES string of the molecule is CCNc1ccc(C(=O)N2CCCC(C)(OC)C2)cc1. The second-order valence-corrected chi connectivity index (χ2v) is 5.59. The summed E-state index contributed by atoms with van der Waals surface area (Å²) in [5.41, 5.74) is 1.58. The van der Waals surface area contributed by atoms with Gasteiger partial charge in [0.05, 0.1) is 5.60 Å². The van der Waals surface area contributed by atoms with Crippen molar-refractivity contribution < 1.29 is 9.53 Å². The van der Waals surface area contributed by atoms with Crippen molar-refractivity contribution in [2.45, 2.75) is 32.3 Å². The number of piperidine rings is 1. The van der Waals surface area contributed by atoms with E-state index in [1.54, 1.807) is 7.11 Å². The largest absolute Gasteiger partial charge is 0.385 e. The third kappa shape index (κ3) is 3.31. The van der Waals surface area contributed by atoms with E-state index >= 15 is 0 Å². The Hall–Kier alpha value is -1.55. The van der Waals surface area contributed by atoms with E-state index in [2.05, 4.69) is 19.2 Å². The van der Waals surface area contributed by atoms with Gasteiger partial charge >= 0.3 is 0 Å². The first-order valence-corrected chi connectivity index (χ1v) is 7.26. The maximum Gasteiger partial charge on any atom is 0.253 e. The van der Waals surface area contributed by atoms with E-state index in [1.165, 1.54) is 0 Å². The molecule has 1 unspecified atom stereocenters. The zero-order valence-electron chi connectivity index (χ0n) is 12.6. The predicted molar refractivity (Wildman–Crippen MR) is 81.2 cm³/mol. The van der Waals surface area contributed by atoms with Gasteiger partial charge in [-0.15, -0.1) is 0 Å². The molecule has 4 nitrogen and oxygen atoms in total. The summed E-state index contributed by atoms with van der Waals surface area (Å²) in [6, 6.07) is 7.69. The Morgan fingerprint density at radius 3 is 2.70 bits per heavy atom. The molecule has 0 saturated carbocycles. The number of ether oxygens (including phenoxy) is 1. The molecule has 110 valence electrons. The van der Waals surface area contributed by atoms with Crippen molar-refractivity contribution in [1.29, 1.82) is 0 Å². The molecule has 1 heterocycles. The maximum atomic E-state index is 12.5. The Morgan fingerprint density at radius 2 is 2.10 bits per heavy atom. The van der Waals surface area contributed by atoms with Crippen LogP contribution in [0, 0.1) is 0 Å². The molecule has 1 fully saturated rings. The second kappa shape index (κ2) is 6.27. The lowest BCUT2D eigenvalue weighted by atomic mass is 9.94. The number of methoxy groups -OCH3 is 1. The number of nitrogens with zero attached hydrogens (tertiary/aromatic N) is 1. The van der Waals surface area contributed by atoms with Crippen LogP contribution in [0.1, 0.15) is 37.0 Å². The fourth-order valence-corrected chi connectivity index (χ4v) is 2.66. The van der Waals surface area contributed by atoms with Gasteiger partial charge in [0.25, 0.3) is 5.91 Å². The molecule has 0 aromatic heterocycles. The van der Waals surface area contributed by atoms with Crippen LogP contribution in [0.5, 0.6) is 0 Å². The van der Waals surface area contributed by atoms with Gasteiger partial charge in [0.1, 0.15) is 0 Å². The molecule has 1 aromatic carbocycles. The van der Waals surface area contributed by atoms with Crippen molar-refractivity contribution in [3.05, 3.63) is 29.8 Å². The first kappa shape index (κ1) is 14.9. The lowest BCUT2D eigenvalue weighted by Gasteiger charge is -2.39. The molecular weight excluding hydrogens is 252 g/mol. The number of hydrogen-bond donors (Lipinski definition) is 1. The molecule has 1 aliphatic heterocycles. The van der Waals surface area contributed by atoms with Crippen LogP contribution in [0.3, 0.4) is 0 Å². The highest BCUT2D eigenvalue weighted by atomic mass is 16.5. The quantitative estimate of drug-likeness (QED) is 0.919. The molecule has 1 atom stereocenters. The third-order valence-corrected chi connectivity index (χ3v) is 3.95. The minimum Gasteiger partial charge on any atom is -0.385 e. The highest BCUT2D eigenvalue weighted by Crippen LogP contribution is 2.25. The molecular formula is C16H24N2O2. The van der Waals surface area contributed by atoms with Gasteiger partial charge in [0.2, 0.25) is 0 Å². The van der Waals surface area contributed by atoms with Gasteiger partial charge < -0.3 is 15.0 Å². The van der Waals surface area contributed by atoms with E-state index in [-0.39, 0.29) is 11.5 Å². The van der Waals surface area contributed by atoms with E-state index in [0.717, 1.165) is 37.2 Å². The van der Waals surface area contributed by atoms with Crippen LogP contribution < -0.4 is 5.32 Å². The van der Waals surface area contributed by atoms with Gasteiger partial charge in [0, 0.05) is 38.0 Å². The fraction of sp³-hybridized carbons (Fsp3) is 0.562. The standard InChI is InChI=1S/C16H24N2O2/c1-4-17-14-8-6-13(7-9-14)15(19)18-11-5-10-16(2,12-18)20-3/h6-9,17H,4-5,10-12H2,1-3H3. The molecule has 0 spiro atoms. The van der Waals surface area contributed by atoms with Gasteiger partial charge in [-0.05, 0) is 51.0 Å². The molecule has 1 amide bonds. The van der Waals surface area contributed by atoms with Crippen LogP contribution >= 0.6 is 0 Å². The minimum atomic E-state index is -0.211. The van der Waals surface area contributed by atoms with Crippen LogP contribution in [0.4, 0.5) is 5.69 Å². The predicted octanol–water partition coefficient (Wildman–Crippen LogP) is 2.76. The summed E-state index contributed by atoms with van der Waals surface area (Å²) in [5, 5.41) is 3.23. The molecule has 1 aliphatic rings. The lowest BCUT2D eigenvalue weighted by Crippen LogP contribution is -2.49. The van der Waals surface area contributed by atoms with Crippen molar-refractivity contribution in [3.8, 4) is 0 Å². The summed E-state index contributed by atoms with van der Waals surface area (Å²) in [6.45, 7) is 6.48. The first-order chi connectivity index (χ1) is 9.58. The number of carbonyl (C=O) groups excluding carboxylic acids is 1. The number of benzene rings is 1. The second-order valence-electron chi connectivity index (χ2n) is 5.59. The molecule has 20 heavy (non-hydrogen) atoms. The summed E-state index contributed by atoms with van der Waals surface area (Å²) in [5.74, 6) is 0.0935. The van der Waals surface area contributed by atoms with E-state index in [9.17, 15) is 4.79 Å². The van der Waals surface area contributed by atoms with E-state index in [4.69, 9.17) is 4.74 Å². The summed E-state index contributed by atoms with van der Waals surface area (Å²) in [4.78, 5) is 14.4. The van der Waals surface area contributed by atoms with E-state index in [1.807, 2.05) is 29.2 Å². The van der Waals surface area contributed by atoms with Crippen LogP contribution in [0.2, 0.25) is 0 Å². The summed E-state index contributed by atoms with van der Waals surface area (Å²) >= 11 is 0. The molecule has 0 bridgehead atoms. The Balaban J connectivity index is 2.06. The molecule has 4 heteroatoms. The molecule has 2 rings (SSSR count). The van der Waals surface area contributed by atoms with Gasteiger partial charge in [0.15, 0.2) is 0 Å². The smallest absolute Gasteiger partial charge is 0.253 e. The average Bonchev–Trinajstić information content (AvgIpc) is 2.48. The van der Waals surface area contributed by atoms with Crippen molar-refractivity contribution in [2.24, 2.45) is 0 Å². The van der Waals surface area contributed by atoms with Crippen LogP contribution in [0.15, 0.2) is 24.3 Å². The number of hydrogen-bond acceptors (Lipinski definition) is 3. The molecule has 1 N–H and O–H groups in total. The molecule has 1 saturated heterocycles. The number of likely N-dealkylation sites (tertiary alicyclic amines) is 1. The van der Waals surface area contributed by atoms with Crippen molar-refractivity contribution in [2.75, 3.05) is 32.1 Å². The van der Waals surface area contributed by atoms with E-state index < -0.39 is 0 Å². The van der Waals surface area contributed by atoms with Gasteiger partial charge in [-0.25, -0.2) is 0 Å². The average molecular weight is 276 g/mol. The fourth-order valence-electron chi connectivity index (χ4n) is 2.66. The van der Waals surface area contributed by atoms with Crippen molar-refractivity contribution in [3.63, 3.8) is 0 Å². The minimum absolute atomic E-state index is 0.0935. The summed E-state index contributed by atoms with van der Waals surface area (Å²) in [6.07, 6.45) is 2.00. The normalized spacial score (nSPS) is 22.6. The monoisotopic (exact) mass is 276 g/mol. The van der Waals surface area contributed by atoms with Crippen LogP contribution in [-0.2, 0) is 4.74 Å². The van der Waals surface area contributed by atoms with Crippen molar-refractivity contribution in [1.82, 2.24) is 4.90 Å². The van der Waals surface area contributed by atoms with Crippen LogP contribution in [0.25, 0.3) is 0 Å². The van der Waals surface area contributed by atoms with Crippen molar-refractivity contribution >= 4 is 11.6 Å². The summed E-state index contributed by atoms with van der Waals surface area (Å²) < 4.78 is 5.54. The number of amides is 1. The van der Waals surface area contributed by atoms with E-state index in [0.29, 0.717) is 6.54 Å². The number of anilines is 1. The van der Waals surface area contributed by atoms with Crippen LogP contribution in [-0.4, -0.2) is 43.2 Å². The zero-order valence-corrected chi connectivity index (χ0v) is 12.6. The topological polar surface area (TPSA) is 41.6 Å². The first-order valence-electron chi connectivity index (χ1n) is 7.26. The Kier molecular flexibility index (Phi) is 4.65. The van der Waals surface area contributed by atoms with Gasteiger partial charge in [-0.1, -0.05) is 0 Å². The summed E-state index contributed by atoms with van der Waals surface area (Å²) in [7, 11) is 1.72. The number of carbonyl (C=O) groups is 1. The zero-order chi connectivity index (χ0) is 14.6. The third-order valence-electron chi connectivity index (χ3n) is 3.95.